The number of aryl methyl sites for hydroxylation is 1. The number of anilines is 1. The van der Waals surface area contributed by atoms with Gasteiger partial charge in [0, 0.05) is 18.4 Å². The van der Waals surface area contributed by atoms with Crippen molar-refractivity contribution in [3.63, 3.8) is 0 Å². The van der Waals surface area contributed by atoms with Gasteiger partial charge < -0.3 is 10.1 Å². The summed E-state index contributed by atoms with van der Waals surface area (Å²) in [6, 6.07) is 14.5. The van der Waals surface area contributed by atoms with Gasteiger partial charge in [0.2, 0.25) is 0 Å². The SMILES string of the molecule is CSc1ccccc1NC(=O)COC(=O)CCc1nc2ccccc2c(=O)n1C. The number of carbonyl (C=O) groups is 2. The molecule has 1 aromatic heterocycles. The Bertz CT molecular complexity index is 1110. The van der Waals surface area contributed by atoms with E-state index >= 15 is 0 Å². The molecule has 2 aromatic carbocycles. The summed E-state index contributed by atoms with van der Waals surface area (Å²) in [5.74, 6) is -0.444. The number of para-hydroxylation sites is 2. The maximum atomic E-state index is 12.4. The van der Waals surface area contributed by atoms with E-state index in [9.17, 15) is 14.4 Å². The van der Waals surface area contributed by atoms with E-state index in [0.717, 1.165) is 4.90 Å². The fraction of sp³-hybridized carbons (Fsp3) is 0.238. The van der Waals surface area contributed by atoms with Crippen LogP contribution in [-0.2, 0) is 27.8 Å². The molecule has 1 N–H and O–H groups in total. The van der Waals surface area contributed by atoms with E-state index in [0.29, 0.717) is 22.4 Å². The highest BCUT2D eigenvalue weighted by Gasteiger charge is 2.13. The van der Waals surface area contributed by atoms with Gasteiger partial charge >= 0.3 is 5.97 Å². The zero-order chi connectivity index (χ0) is 20.8. The molecule has 0 fully saturated rings. The molecule has 0 aliphatic rings. The molecule has 8 heteroatoms. The molecule has 0 saturated carbocycles. The van der Waals surface area contributed by atoms with Crippen LogP contribution in [0.15, 0.2) is 58.2 Å². The minimum absolute atomic E-state index is 0.0211. The average molecular weight is 411 g/mol. The van der Waals surface area contributed by atoms with Crippen molar-refractivity contribution in [1.29, 1.82) is 0 Å². The van der Waals surface area contributed by atoms with Crippen LogP contribution in [0.1, 0.15) is 12.2 Å². The van der Waals surface area contributed by atoms with Crippen LogP contribution in [0.3, 0.4) is 0 Å². The highest BCUT2D eigenvalue weighted by atomic mass is 32.2. The highest BCUT2D eigenvalue weighted by molar-refractivity contribution is 7.98. The number of aromatic nitrogens is 2. The van der Waals surface area contributed by atoms with Crippen molar-refractivity contribution in [2.45, 2.75) is 17.7 Å². The van der Waals surface area contributed by atoms with Crippen molar-refractivity contribution >= 4 is 40.2 Å². The molecule has 0 saturated heterocycles. The Morgan fingerprint density at radius 2 is 1.86 bits per heavy atom. The number of ether oxygens (including phenoxy) is 1. The lowest BCUT2D eigenvalue weighted by atomic mass is 10.2. The molecule has 3 aromatic rings. The fourth-order valence-corrected chi connectivity index (χ4v) is 3.41. The van der Waals surface area contributed by atoms with Gasteiger partial charge in [-0.2, -0.15) is 0 Å². The van der Waals surface area contributed by atoms with Crippen molar-refractivity contribution in [1.82, 2.24) is 9.55 Å². The summed E-state index contributed by atoms with van der Waals surface area (Å²) in [6.45, 7) is -0.369. The molecule has 0 atom stereocenters. The highest BCUT2D eigenvalue weighted by Crippen LogP contribution is 2.24. The van der Waals surface area contributed by atoms with Gasteiger partial charge in [0.1, 0.15) is 5.82 Å². The van der Waals surface area contributed by atoms with E-state index in [4.69, 9.17) is 4.74 Å². The number of benzene rings is 2. The molecule has 7 nitrogen and oxygen atoms in total. The van der Waals surface area contributed by atoms with E-state index in [2.05, 4.69) is 10.3 Å². The second-order valence-corrected chi connectivity index (χ2v) is 7.17. The summed E-state index contributed by atoms with van der Waals surface area (Å²) in [6.07, 6.45) is 2.18. The predicted molar refractivity (Wildman–Crippen MR) is 113 cm³/mol. The third-order valence-electron chi connectivity index (χ3n) is 4.37. The first-order valence-electron chi connectivity index (χ1n) is 9.02. The molecule has 29 heavy (non-hydrogen) atoms. The normalized spacial score (nSPS) is 10.7. The second kappa shape index (κ2) is 9.38. The summed E-state index contributed by atoms with van der Waals surface area (Å²) >= 11 is 1.51. The molecule has 0 aliphatic carbocycles. The summed E-state index contributed by atoms with van der Waals surface area (Å²) in [4.78, 5) is 41.8. The molecular formula is C21H21N3O4S. The van der Waals surface area contributed by atoms with Crippen LogP contribution in [0.5, 0.6) is 0 Å². The van der Waals surface area contributed by atoms with E-state index < -0.39 is 11.9 Å². The number of hydrogen-bond acceptors (Lipinski definition) is 6. The number of rotatable bonds is 7. The van der Waals surface area contributed by atoms with Crippen molar-refractivity contribution in [2.24, 2.45) is 7.05 Å². The van der Waals surface area contributed by atoms with Crippen molar-refractivity contribution in [2.75, 3.05) is 18.2 Å². The van der Waals surface area contributed by atoms with Crippen LogP contribution in [0, 0.1) is 0 Å². The maximum absolute atomic E-state index is 12.4. The predicted octanol–water partition coefficient (Wildman–Crippen LogP) is 2.77. The quantitative estimate of drug-likeness (QED) is 0.475. The monoisotopic (exact) mass is 411 g/mol. The number of amides is 1. The number of carbonyl (C=O) groups excluding carboxylic acids is 2. The minimum Gasteiger partial charge on any atom is -0.456 e. The zero-order valence-electron chi connectivity index (χ0n) is 16.2. The van der Waals surface area contributed by atoms with Gasteiger partial charge in [-0.1, -0.05) is 24.3 Å². The lowest BCUT2D eigenvalue weighted by Crippen LogP contribution is -2.24. The Morgan fingerprint density at radius 3 is 2.66 bits per heavy atom. The summed E-state index contributed by atoms with van der Waals surface area (Å²) in [5.41, 5.74) is 1.10. The van der Waals surface area contributed by atoms with Crippen LogP contribution in [0.25, 0.3) is 10.9 Å². The average Bonchev–Trinajstić information content (AvgIpc) is 2.74. The molecule has 1 amide bonds. The summed E-state index contributed by atoms with van der Waals surface area (Å²) in [7, 11) is 1.62. The Labute approximate surface area is 172 Å². The van der Waals surface area contributed by atoms with Crippen LogP contribution >= 0.6 is 11.8 Å². The maximum Gasteiger partial charge on any atom is 0.306 e. The van der Waals surface area contributed by atoms with Gasteiger partial charge in [0.15, 0.2) is 6.61 Å². The van der Waals surface area contributed by atoms with Gasteiger partial charge in [0.25, 0.3) is 11.5 Å². The van der Waals surface area contributed by atoms with Crippen molar-refractivity contribution < 1.29 is 14.3 Å². The number of esters is 1. The van der Waals surface area contributed by atoms with Crippen molar-refractivity contribution in [3.05, 3.63) is 64.7 Å². The molecular weight excluding hydrogens is 390 g/mol. The smallest absolute Gasteiger partial charge is 0.306 e. The second-order valence-electron chi connectivity index (χ2n) is 6.32. The third kappa shape index (κ3) is 5.03. The lowest BCUT2D eigenvalue weighted by molar-refractivity contribution is -0.147. The number of hydrogen-bond donors (Lipinski definition) is 1. The van der Waals surface area contributed by atoms with E-state index in [1.54, 1.807) is 37.4 Å². The first-order chi connectivity index (χ1) is 14.0. The Morgan fingerprint density at radius 1 is 1.14 bits per heavy atom. The van der Waals surface area contributed by atoms with Crippen LogP contribution in [-0.4, -0.2) is 34.3 Å². The molecule has 0 unspecified atom stereocenters. The molecule has 0 aliphatic heterocycles. The molecule has 0 radical (unpaired) electrons. The number of thioether (sulfide) groups is 1. The largest absolute Gasteiger partial charge is 0.456 e. The first kappa shape index (κ1) is 20.6. The van der Waals surface area contributed by atoms with Gasteiger partial charge in [-0.05, 0) is 30.5 Å². The number of fused-ring (bicyclic) bond motifs is 1. The van der Waals surface area contributed by atoms with E-state index in [1.165, 1.54) is 16.3 Å². The van der Waals surface area contributed by atoms with Gasteiger partial charge in [0.05, 0.1) is 23.0 Å². The van der Waals surface area contributed by atoms with Crippen LogP contribution < -0.4 is 10.9 Å². The van der Waals surface area contributed by atoms with Gasteiger partial charge in [-0.15, -0.1) is 11.8 Å². The third-order valence-corrected chi connectivity index (χ3v) is 5.17. The fourth-order valence-electron chi connectivity index (χ4n) is 2.85. The minimum atomic E-state index is -0.527. The molecule has 0 spiro atoms. The van der Waals surface area contributed by atoms with E-state index in [-0.39, 0.29) is 25.0 Å². The Balaban J connectivity index is 1.55. The standard InChI is InChI=1S/C21H21N3O4S/c1-24-18(22-15-8-4-3-7-14(15)21(24)27)11-12-20(26)28-13-19(25)23-16-9-5-6-10-17(16)29-2/h3-10H,11-13H2,1-2H3,(H,23,25). The first-order valence-corrected chi connectivity index (χ1v) is 10.2. The van der Waals surface area contributed by atoms with Gasteiger partial charge in [-0.3, -0.25) is 19.0 Å². The number of nitrogens with one attached hydrogen (secondary N) is 1. The molecule has 150 valence electrons. The van der Waals surface area contributed by atoms with Crippen LogP contribution in [0.4, 0.5) is 5.69 Å². The van der Waals surface area contributed by atoms with Crippen molar-refractivity contribution in [3.8, 4) is 0 Å². The van der Waals surface area contributed by atoms with E-state index in [1.807, 2.05) is 24.5 Å². The Hall–Kier alpha value is -3.13. The summed E-state index contributed by atoms with van der Waals surface area (Å²) < 4.78 is 6.49. The molecule has 3 rings (SSSR count). The van der Waals surface area contributed by atoms with Gasteiger partial charge in [-0.25, -0.2) is 4.98 Å². The zero-order valence-corrected chi connectivity index (χ0v) is 17.0. The topological polar surface area (TPSA) is 90.3 Å². The molecule has 1 heterocycles. The molecule has 0 bridgehead atoms. The lowest BCUT2D eigenvalue weighted by Gasteiger charge is -2.10. The summed E-state index contributed by atoms with van der Waals surface area (Å²) in [5, 5.41) is 3.26. The Kier molecular flexibility index (Phi) is 6.66. The number of nitrogens with zero attached hydrogens (tertiary/aromatic N) is 2. The van der Waals surface area contributed by atoms with Crippen LogP contribution in [0.2, 0.25) is 0 Å².